The van der Waals surface area contributed by atoms with E-state index in [4.69, 9.17) is 10.3 Å². The van der Waals surface area contributed by atoms with Gasteiger partial charge < -0.3 is 4.74 Å². The van der Waals surface area contributed by atoms with Crippen LogP contribution in [-0.2, 0) is 0 Å². The number of hydrogen-bond acceptors (Lipinski definition) is 4. The summed E-state index contributed by atoms with van der Waals surface area (Å²) in [7, 11) is 0. The summed E-state index contributed by atoms with van der Waals surface area (Å²) >= 11 is 0. The Kier molecular flexibility index (Phi) is 4.82. The third-order valence-electron chi connectivity index (χ3n) is 1.93. The van der Waals surface area contributed by atoms with Crippen molar-refractivity contribution < 1.29 is 4.74 Å². The van der Waals surface area contributed by atoms with Crippen LogP contribution in [0.3, 0.4) is 0 Å². The SMILES string of the molecule is C[C@@H](CN=[N+]=[N-])COc1ccc(N=O)cc1. The van der Waals surface area contributed by atoms with E-state index in [9.17, 15) is 4.91 Å². The molecule has 1 rings (SSSR count). The Balaban J connectivity index is 2.41. The molecule has 0 aliphatic rings. The highest BCUT2D eigenvalue weighted by atomic mass is 16.5. The van der Waals surface area contributed by atoms with E-state index in [1.807, 2.05) is 6.92 Å². The van der Waals surface area contributed by atoms with Gasteiger partial charge in [-0.15, -0.1) is 4.91 Å². The fourth-order valence-electron chi connectivity index (χ4n) is 1.07. The molecule has 0 aliphatic heterocycles. The average Bonchev–Trinajstić information content (AvgIpc) is 2.34. The molecule has 1 aromatic rings. The molecular formula is C10H12N4O2. The second kappa shape index (κ2) is 6.42. The molecule has 84 valence electrons. The summed E-state index contributed by atoms with van der Waals surface area (Å²) in [5.74, 6) is 0.819. The van der Waals surface area contributed by atoms with E-state index < -0.39 is 0 Å². The molecule has 1 aromatic carbocycles. The van der Waals surface area contributed by atoms with Gasteiger partial charge >= 0.3 is 0 Å². The van der Waals surface area contributed by atoms with Gasteiger partial charge in [0.2, 0.25) is 0 Å². The van der Waals surface area contributed by atoms with Crippen LogP contribution >= 0.6 is 0 Å². The minimum Gasteiger partial charge on any atom is -0.493 e. The summed E-state index contributed by atoms with van der Waals surface area (Å²) in [5.41, 5.74) is 8.51. The van der Waals surface area contributed by atoms with Crippen molar-refractivity contribution in [1.29, 1.82) is 0 Å². The van der Waals surface area contributed by atoms with Crippen LogP contribution in [0.15, 0.2) is 34.6 Å². The lowest BCUT2D eigenvalue weighted by atomic mass is 10.2. The molecule has 0 bridgehead atoms. The van der Waals surface area contributed by atoms with Gasteiger partial charge in [0.1, 0.15) is 11.4 Å². The lowest BCUT2D eigenvalue weighted by Crippen LogP contribution is -2.10. The number of benzene rings is 1. The van der Waals surface area contributed by atoms with Gasteiger partial charge in [-0.2, -0.15) is 0 Å². The molecule has 0 spiro atoms. The molecule has 1 atom stereocenters. The van der Waals surface area contributed by atoms with E-state index in [0.29, 0.717) is 24.6 Å². The number of ether oxygens (including phenoxy) is 1. The summed E-state index contributed by atoms with van der Waals surface area (Å²) < 4.78 is 5.44. The monoisotopic (exact) mass is 220 g/mol. The van der Waals surface area contributed by atoms with Gasteiger partial charge in [0, 0.05) is 11.5 Å². The smallest absolute Gasteiger partial charge is 0.119 e. The molecule has 0 radical (unpaired) electrons. The maximum absolute atomic E-state index is 10.2. The molecule has 6 heteroatoms. The molecule has 0 aliphatic carbocycles. The first kappa shape index (κ1) is 12.0. The predicted octanol–water partition coefficient (Wildman–Crippen LogP) is 3.41. The zero-order chi connectivity index (χ0) is 11.8. The Morgan fingerprint density at radius 3 is 2.69 bits per heavy atom. The van der Waals surface area contributed by atoms with Gasteiger partial charge in [-0.3, -0.25) is 0 Å². The van der Waals surface area contributed by atoms with Gasteiger partial charge in [0.25, 0.3) is 0 Å². The van der Waals surface area contributed by atoms with E-state index in [0.717, 1.165) is 0 Å². The molecule has 0 unspecified atom stereocenters. The Morgan fingerprint density at radius 2 is 2.12 bits per heavy atom. The summed E-state index contributed by atoms with van der Waals surface area (Å²) in [6.07, 6.45) is 0. The zero-order valence-corrected chi connectivity index (χ0v) is 8.91. The van der Waals surface area contributed by atoms with Crippen LogP contribution in [0.4, 0.5) is 5.69 Å². The highest BCUT2D eigenvalue weighted by molar-refractivity contribution is 5.40. The average molecular weight is 220 g/mol. The molecule has 0 aromatic heterocycles. The Hall–Kier alpha value is -2.07. The Morgan fingerprint density at radius 1 is 1.44 bits per heavy atom. The van der Waals surface area contributed by atoms with Crippen molar-refractivity contribution in [2.24, 2.45) is 16.2 Å². The Labute approximate surface area is 92.8 Å². The number of rotatable bonds is 6. The molecule has 0 fully saturated rings. The number of nitroso groups, excluding NO2 is 1. The number of nitrogens with zero attached hydrogens (tertiary/aromatic N) is 4. The van der Waals surface area contributed by atoms with Gasteiger partial charge in [0.15, 0.2) is 0 Å². The van der Waals surface area contributed by atoms with E-state index >= 15 is 0 Å². The number of hydrogen-bond donors (Lipinski definition) is 0. The normalized spacial score (nSPS) is 11.3. The van der Waals surface area contributed by atoms with Crippen molar-refractivity contribution in [3.05, 3.63) is 39.6 Å². The summed E-state index contributed by atoms with van der Waals surface area (Å²) in [6, 6.07) is 6.52. The fourth-order valence-corrected chi connectivity index (χ4v) is 1.07. The van der Waals surface area contributed by atoms with Crippen molar-refractivity contribution in [1.82, 2.24) is 0 Å². The van der Waals surface area contributed by atoms with Crippen LogP contribution in [-0.4, -0.2) is 13.2 Å². The van der Waals surface area contributed by atoms with Gasteiger partial charge in [0.05, 0.1) is 6.61 Å². The third kappa shape index (κ3) is 3.98. The number of azide groups is 1. The molecule has 0 amide bonds. The third-order valence-corrected chi connectivity index (χ3v) is 1.93. The Bertz CT molecular complexity index is 384. The minimum absolute atomic E-state index is 0.153. The summed E-state index contributed by atoms with van der Waals surface area (Å²) in [6.45, 7) is 2.80. The standard InChI is InChI=1S/C10H12N4O2/c1-8(6-12-14-11)7-16-10-4-2-9(13-15)3-5-10/h2-5,8H,6-7H2,1H3/t8-/m0/s1. The molecule has 0 saturated heterocycles. The van der Waals surface area contributed by atoms with E-state index in [1.54, 1.807) is 24.3 Å². The minimum atomic E-state index is 0.153. The molecule has 0 saturated carbocycles. The van der Waals surface area contributed by atoms with Crippen LogP contribution in [0.5, 0.6) is 5.75 Å². The summed E-state index contributed by atoms with van der Waals surface area (Å²) in [5, 5.41) is 6.24. The van der Waals surface area contributed by atoms with Crippen molar-refractivity contribution in [2.45, 2.75) is 6.92 Å². The van der Waals surface area contributed by atoms with Crippen LogP contribution in [0, 0.1) is 10.8 Å². The zero-order valence-electron chi connectivity index (χ0n) is 8.91. The lowest BCUT2D eigenvalue weighted by Gasteiger charge is -2.10. The molecule has 0 N–H and O–H groups in total. The van der Waals surface area contributed by atoms with Crippen LogP contribution in [0.2, 0.25) is 0 Å². The van der Waals surface area contributed by atoms with E-state index in [-0.39, 0.29) is 5.92 Å². The van der Waals surface area contributed by atoms with E-state index in [1.165, 1.54) is 0 Å². The van der Waals surface area contributed by atoms with Crippen molar-refractivity contribution in [2.75, 3.05) is 13.2 Å². The van der Waals surface area contributed by atoms with Crippen LogP contribution < -0.4 is 4.74 Å². The van der Waals surface area contributed by atoms with Crippen molar-refractivity contribution in [3.63, 3.8) is 0 Å². The fraction of sp³-hybridized carbons (Fsp3) is 0.400. The second-order valence-electron chi connectivity index (χ2n) is 3.41. The first-order chi connectivity index (χ1) is 7.76. The first-order valence-corrected chi connectivity index (χ1v) is 4.83. The van der Waals surface area contributed by atoms with Gasteiger partial charge in [-0.25, -0.2) is 0 Å². The molecule has 16 heavy (non-hydrogen) atoms. The summed E-state index contributed by atoms with van der Waals surface area (Å²) in [4.78, 5) is 12.8. The maximum Gasteiger partial charge on any atom is 0.119 e. The van der Waals surface area contributed by atoms with Crippen LogP contribution in [0.25, 0.3) is 10.4 Å². The van der Waals surface area contributed by atoms with Crippen molar-refractivity contribution in [3.8, 4) is 5.75 Å². The van der Waals surface area contributed by atoms with E-state index in [2.05, 4.69) is 15.2 Å². The largest absolute Gasteiger partial charge is 0.493 e. The predicted molar refractivity (Wildman–Crippen MR) is 60.6 cm³/mol. The lowest BCUT2D eigenvalue weighted by molar-refractivity contribution is 0.264. The quantitative estimate of drug-likeness (QED) is 0.318. The molecule has 0 heterocycles. The highest BCUT2D eigenvalue weighted by Crippen LogP contribution is 2.18. The second-order valence-corrected chi connectivity index (χ2v) is 3.41. The topological polar surface area (TPSA) is 87.4 Å². The van der Waals surface area contributed by atoms with Crippen LogP contribution in [0.1, 0.15) is 6.92 Å². The maximum atomic E-state index is 10.2. The first-order valence-electron chi connectivity index (χ1n) is 4.83. The molecule has 6 nitrogen and oxygen atoms in total. The van der Waals surface area contributed by atoms with Gasteiger partial charge in [-0.05, 0) is 40.9 Å². The molecular weight excluding hydrogens is 208 g/mol. The highest BCUT2D eigenvalue weighted by Gasteiger charge is 2.02. The van der Waals surface area contributed by atoms with Gasteiger partial charge in [-0.1, -0.05) is 12.0 Å². The van der Waals surface area contributed by atoms with Crippen molar-refractivity contribution >= 4 is 5.69 Å².